The lowest BCUT2D eigenvalue weighted by Crippen LogP contribution is -2.18. The number of nitrogens with zero attached hydrogens (tertiary/aromatic N) is 3. The molecule has 0 saturated heterocycles. The van der Waals surface area contributed by atoms with Crippen molar-refractivity contribution >= 4 is 5.69 Å². The van der Waals surface area contributed by atoms with Crippen molar-refractivity contribution in [3.63, 3.8) is 0 Å². The van der Waals surface area contributed by atoms with E-state index in [-0.39, 0.29) is 0 Å². The molecule has 0 aromatic carbocycles. The Hall–Kier alpha value is -2.57. The lowest BCUT2D eigenvalue weighted by molar-refractivity contribution is -0.386. The van der Waals surface area contributed by atoms with Crippen LogP contribution < -0.4 is 4.74 Å². The third-order valence-corrected chi connectivity index (χ3v) is 1.68. The Kier molecular flexibility index (Phi) is 3.55. The first-order valence-corrected chi connectivity index (χ1v) is 4.24. The first-order chi connectivity index (χ1) is 8.24. The standard InChI is InChI=1S/C8H4F3N3O4/c9-8(10,11)18-6-3-5(14(16)17)7(15)4(13-6)1-2-12/h3,15H,1H2. The van der Waals surface area contributed by atoms with E-state index < -0.39 is 40.7 Å². The van der Waals surface area contributed by atoms with Crippen molar-refractivity contribution in [2.45, 2.75) is 12.8 Å². The monoisotopic (exact) mass is 263 g/mol. The molecule has 7 nitrogen and oxygen atoms in total. The molecule has 96 valence electrons. The summed E-state index contributed by atoms with van der Waals surface area (Å²) in [5, 5.41) is 28.2. The predicted molar refractivity (Wildman–Crippen MR) is 48.6 cm³/mol. The summed E-state index contributed by atoms with van der Waals surface area (Å²) in [5.41, 5.74) is -1.58. The van der Waals surface area contributed by atoms with Gasteiger partial charge in [-0.2, -0.15) is 5.26 Å². The molecule has 0 radical (unpaired) electrons. The predicted octanol–water partition coefficient (Wildman–Crippen LogP) is 1.66. The number of rotatable bonds is 3. The fourth-order valence-corrected chi connectivity index (χ4v) is 1.06. The molecule has 0 saturated carbocycles. The molecule has 0 bridgehead atoms. The van der Waals surface area contributed by atoms with E-state index in [2.05, 4.69) is 9.72 Å². The number of halogens is 3. The van der Waals surface area contributed by atoms with Gasteiger partial charge < -0.3 is 9.84 Å². The van der Waals surface area contributed by atoms with E-state index in [1.165, 1.54) is 6.07 Å². The minimum atomic E-state index is -5.08. The summed E-state index contributed by atoms with van der Waals surface area (Å²) in [6.07, 6.45) is -5.68. The summed E-state index contributed by atoms with van der Waals surface area (Å²) in [7, 11) is 0. The van der Waals surface area contributed by atoms with Gasteiger partial charge in [0, 0.05) is 0 Å². The largest absolute Gasteiger partial charge is 0.574 e. The normalized spacial score (nSPS) is 10.8. The van der Waals surface area contributed by atoms with Crippen LogP contribution in [-0.4, -0.2) is 21.4 Å². The molecule has 1 heterocycles. The van der Waals surface area contributed by atoms with Crippen LogP contribution >= 0.6 is 0 Å². The molecule has 0 unspecified atom stereocenters. The summed E-state index contributed by atoms with van der Waals surface area (Å²) < 4.78 is 39.2. The van der Waals surface area contributed by atoms with Gasteiger partial charge in [-0.05, 0) is 0 Å². The van der Waals surface area contributed by atoms with Gasteiger partial charge >= 0.3 is 12.0 Å². The zero-order chi connectivity index (χ0) is 13.9. The van der Waals surface area contributed by atoms with Crippen LogP contribution in [-0.2, 0) is 6.42 Å². The Morgan fingerprint density at radius 3 is 2.67 bits per heavy atom. The maximum atomic E-state index is 11.9. The molecule has 0 spiro atoms. The molecule has 0 atom stereocenters. The summed E-state index contributed by atoms with van der Waals surface area (Å²) in [6.45, 7) is 0. The third-order valence-electron chi connectivity index (χ3n) is 1.68. The van der Waals surface area contributed by atoms with Crippen molar-refractivity contribution in [2.24, 2.45) is 0 Å². The number of ether oxygens (including phenoxy) is 1. The highest BCUT2D eigenvalue weighted by molar-refractivity contribution is 5.51. The van der Waals surface area contributed by atoms with Crippen molar-refractivity contribution in [1.29, 1.82) is 5.26 Å². The van der Waals surface area contributed by atoms with Crippen LogP contribution in [0.4, 0.5) is 18.9 Å². The summed E-state index contributed by atoms with van der Waals surface area (Å²) in [4.78, 5) is 12.6. The van der Waals surface area contributed by atoms with Gasteiger partial charge in [0.2, 0.25) is 11.6 Å². The quantitative estimate of drug-likeness (QED) is 0.656. The smallest absolute Gasteiger partial charge is 0.501 e. The van der Waals surface area contributed by atoms with Crippen LogP contribution in [0.1, 0.15) is 5.69 Å². The molecule has 10 heteroatoms. The Labute approximate surface area is 97.2 Å². The second kappa shape index (κ2) is 4.74. The van der Waals surface area contributed by atoms with E-state index >= 15 is 0 Å². The highest BCUT2D eigenvalue weighted by atomic mass is 19.4. The minimum absolute atomic E-state index is 0.323. The number of aromatic hydroxyl groups is 1. The number of alkyl halides is 3. The molecular weight excluding hydrogens is 259 g/mol. The van der Waals surface area contributed by atoms with Gasteiger partial charge in [0.1, 0.15) is 5.69 Å². The van der Waals surface area contributed by atoms with E-state index in [9.17, 15) is 28.4 Å². The topological polar surface area (TPSA) is 109 Å². The van der Waals surface area contributed by atoms with E-state index in [4.69, 9.17) is 5.26 Å². The summed E-state index contributed by atoms with van der Waals surface area (Å²) in [5.74, 6) is -2.08. The maximum absolute atomic E-state index is 11.9. The summed E-state index contributed by atoms with van der Waals surface area (Å²) >= 11 is 0. The molecule has 0 amide bonds. The molecule has 0 aliphatic heterocycles. The van der Waals surface area contributed by atoms with E-state index in [1.54, 1.807) is 0 Å². The summed E-state index contributed by atoms with van der Waals surface area (Å²) in [6, 6.07) is 1.82. The van der Waals surface area contributed by atoms with Crippen molar-refractivity contribution in [3.8, 4) is 17.7 Å². The van der Waals surface area contributed by atoms with Crippen molar-refractivity contribution in [3.05, 3.63) is 21.9 Å². The van der Waals surface area contributed by atoms with Crippen LogP contribution in [0.25, 0.3) is 0 Å². The van der Waals surface area contributed by atoms with Gasteiger partial charge in [0.15, 0.2) is 0 Å². The molecule has 1 aromatic rings. The van der Waals surface area contributed by atoms with Crippen molar-refractivity contribution < 1.29 is 27.9 Å². The lowest BCUT2D eigenvalue weighted by atomic mass is 10.2. The van der Waals surface area contributed by atoms with Gasteiger partial charge in [-0.1, -0.05) is 0 Å². The Morgan fingerprint density at radius 1 is 1.61 bits per heavy atom. The molecule has 0 fully saturated rings. The highest BCUT2D eigenvalue weighted by Crippen LogP contribution is 2.33. The second-order valence-electron chi connectivity index (χ2n) is 2.91. The molecular formula is C8H4F3N3O4. The van der Waals surface area contributed by atoms with Gasteiger partial charge in [-0.15, -0.1) is 13.2 Å². The van der Waals surface area contributed by atoms with Crippen LogP contribution in [0.15, 0.2) is 6.07 Å². The van der Waals surface area contributed by atoms with Crippen LogP contribution in [0, 0.1) is 21.4 Å². The second-order valence-corrected chi connectivity index (χ2v) is 2.91. The van der Waals surface area contributed by atoms with Crippen LogP contribution in [0.5, 0.6) is 11.6 Å². The van der Waals surface area contributed by atoms with Crippen LogP contribution in [0.2, 0.25) is 0 Å². The fraction of sp³-hybridized carbons (Fsp3) is 0.250. The fourth-order valence-electron chi connectivity index (χ4n) is 1.06. The number of aromatic nitrogens is 1. The van der Waals surface area contributed by atoms with Gasteiger partial charge in [-0.25, -0.2) is 4.98 Å². The molecule has 18 heavy (non-hydrogen) atoms. The van der Waals surface area contributed by atoms with Gasteiger partial charge in [-0.3, -0.25) is 10.1 Å². The van der Waals surface area contributed by atoms with Gasteiger partial charge in [0.25, 0.3) is 0 Å². The number of nitriles is 1. The zero-order valence-corrected chi connectivity index (χ0v) is 8.43. The van der Waals surface area contributed by atoms with Crippen molar-refractivity contribution in [2.75, 3.05) is 0 Å². The molecule has 1 N–H and O–H groups in total. The van der Waals surface area contributed by atoms with E-state index in [1.807, 2.05) is 0 Å². The lowest BCUT2D eigenvalue weighted by Gasteiger charge is -2.09. The van der Waals surface area contributed by atoms with Crippen molar-refractivity contribution in [1.82, 2.24) is 4.98 Å². The minimum Gasteiger partial charge on any atom is -0.501 e. The first kappa shape index (κ1) is 13.5. The van der Waals surface area contributed by atoms with Crippen LogP contribution in [0.3, 0.4) is 0 Å². The number of hydrogen-bond donors (Lipinski definition) is 1. The Morgan fingerprint density at radius 2 is 2.22 bits per heavy atom. The molecule has 1 rings (SSSR count). The van der Waals surface area contributed by atoms with E-state index in [0.717, 1.165) is 0 Å². The molecule has 0 aliphatic carbocycles. The van der Waals surface area contributed by atoms with Gasteiger partial charge in [0.05, 0.1) is 23.5 Å². The third kappa shape index (κ3) is 3.21. The first-order valence-electron chi connectivity index (χ1n) is 4.24. The molecule has 0 aliphatic rings. The Bertz CT molecular complexity index is 524. The van der Waals surface area contributed by atoms with E-state index in [0.29, 0.717) is 6.07 Å². The molecule has 1 aromatic heterocycles. The Balaban J connectivity index is 3.30. The average molecular weight is 263 g/mol. The zero-order valence-electron chi connectivity index (χ0n) is 8.43. The number of pyridine rings is 1. The maximum Gasteiger partial charge on any atom is 0.574 e. The number of nitro groups is 1. The number of hydrogen-bond acceptors (Lipinski definition) is 6. The highest BCUT2D eigenvalue weighted by Gasteiger charge is 2.33. The SMILES string of the molecule is N#CCc1nc(OC(F)(F)F)cc([N+](=O)[O-])c1O. The average Bonchev–Trinajstić information content (AvgIpc) is 2.20.